The maximum absolute atomic E-state index is 13.3. The minimum atomic E-state index is -4.83. The zero-order chi connectivity index (χ0) is 33.1. The number of rotatable bonds is 9. The third kappa shape index (κ3) is 7.94. The van der Waals surface area contributed by atoms with E-state index in [4.69, 9.17) is 9.15 Å². The summed E-state index contributed by atoms with van der Waals surface area (Å²) in [5.74, 6) is 0.839. The summed E-state index contributed by atoms with van der Waals surface area (Å²) in [7, 11) is 0. The van der Waals surface area contributed by atoms with Gasteiger partial charge in [0.1, 0.15) is 23.5 Å². The molecule has 1 aliphatic heterocycles. The van der Waals surface area contributed by atoms with E-state index in [9.17, 15) is 28.1 Å². The number of fused-ring (bicyclic) bond motifs is 1. The largest absolute Gasteiger partial charge is 0.460 e. The third-order valence-electron chi connectivity index (χ3n) is 9.04. The summed E-state index contributed by atoms with van der Waals surface area (Å²) in [6.07, 6.45) is -2.34. The van der Waals surface area contributed by atoms with Crippen LogP contribution in [0.5, 0.6) is 0 Å². The monoisotopic (exact) mass is 650 g/mol. The highest BCUT2D eigenvalue weighted by atomic mass is 19.4. The number of carbonyl (C=O) groups excluding carboxylic acids is 1. The van der Waals surface area contributed by atoms with Crippen molar-refractivity contribution in [3.63, 3.8) is 0 Å². The van der Waals surface area contributed by atoms with Gasteiger partial charge in [-0.2, -0.15) is 13.2 Å². The molecule has 12 heteroatoms. The Balaban J connectivity index is 0.925. The summed E-state index contributed by atoms with van der Waals surface area (Å²) in [5, 5.41) is 15.2. The number of aryl methyl sites for hydroxylation is 1. The third-order valence-corrected chi connectivity index (χ3v) is 9.04. The summed E-state index contributed by atoms with van der Waals surface area (Å²) >= 11 is 0. The number of piperazine rings is 1. The van der Waals surface area contributed by atoms with Crippen LogP contribution < -0.4 is 5.32 Å². The number of alkyl halides is 3. The van der Waals surface area contributed by atoms with E-state index in [0.717, 1.165) is 47.5 Å². The molecule has 0 bridgehead atoms. The van der Waals surface area contributed by atoms with Gasteiger partial charge in [-0.1, -0.05) is 35.9 Å². The van der Waals surface area contributed by atoms with E-state index >= 15 is 0 Å². The first-order chi connectivity index (χ1) is 22.5. The van der Waals surface area contributed by atoms with Crippen molar-refractivity contribution in [1.82, 2.24) is 9.80 Å². The minimum Gasteiger partial charge on any atom is -0.460 e. The molecule has 2 aliphatic rings. The van der Waals surface area contributed by atoms with Crippen molar-refractivity contribution in [3.8, 4) is 11.1 Å². The van der Waals surface area contributed by atoms with Crippen LogP contribution >= 0.6 is 0 Å². The topological polar surface area (TPSA) is 101 Å². The van der Waals surface area contributed by atoms with Crippen molar-refractivity contribution in [1.29, 1.82) is 0 Å². The van der Waals surface area contributed by atoms with Gasteiger partial charge >= 0.3 is 6.18 Å². The molecule has 0 radical (unpaired) electrons. The van der Waals surface area contributed by atoms with E-state index in [1.54, 1.807) is 0 Å². The van der Waals surface area contributed by atoms with Crippen LogP contribution in [0.1, 0.15) is 42.6 Å². The van der Waals surface area contributed by atoms with Crippen molar-refractivity contribution in [3.05, 3.63) is 93.7 Å². The number of hydrogen-bond acceptors (Lipinski definition) is 7. The Labute approximate surface area is 270 Å². The first kappa shape index (κ1) is 32.5. The van der Waals surface area contributed by atoms with Crippen molar-refractivity contribution in [2.24, 2.45) is 0 Å². The number of hydrogen-bond donors (Lipinski definition) is 1. The lowest BCUT2D eigenvalue weighted by Gasteiger charge is -2.35. The number of anilines is 1. The Morgan fingerprint density at radius 1 is 0.957 bits per heavy atom. The molecular weight excluding hydrogens is 613 g/mol. The van der Waals surface area contributed by atoms with E-state index in [1.807, 2.05) is 11.0 Å². The van der Waals surface area contributed by atoms with Crippen LogP contribution in [0.3, 0.4) is 0 Å². The van der Waals surface area contributed by atoms with E-state index in [0.29, 0.717) is 45.3 Å². The lowest BCUT2D eigenvalue weighted by atomic mass is 9.92. The molecular formula is C35H37F3N4O5. The van der Waals surface area contributed by atoms with Crippen LogP contribution in [0.2, 0.25) is 0 Å². The van der Waals surface area contributed by atoms with Crippen LogP contribution in [-0.2, 0) is 22.3 Å². The number of nitrogens with zero attached hydrogens (tertiary/aromatic N) is 3. The maximum atomic E-state index is 13.3. The highest BCUT2D eigenvalue weighted by Gasteiger charge is 2.38. The molecule has 1 saturated heterocycles. The molecule has 1 aromatic heterocycles. The van der Waals surface area contributed by atoms with Gasteiger partial charge in [0.25, 0.3) is 5.69 Å². The molecule has 0 atom stereocenters. The lowest BCUT2D eigenvalue weighted by molar-refractivity contribution is -0.388. The molecule has 1 aliphatic carbocycles. The number of ether oxygens (including phenoxy) is 1. The van der Waals surface area contributed by atoms with Crippen molar-refractivity contribution in [2.45, 2.75) is 57.5 Å². The Morgan fingerprint density at radius 3 is 2.34 bits per heavy atom. The van der Waals surface area contributed by atoms with Crippen LogP contribution in [0, 0.1) is 17.0 Å². The number of benzene rings is 3. The number of nitrogens with one attached hydrogen (secondary N) is 1. The summed E-state index contributed by atoms with van der Waals surface area (Å²) < 4.78 is 52.0. The number of amides is 1. The average molecular weight is 651 g/mol. The predicted octanol–water partition coefficient (Wildman–Crippen LogP) is 7.42. The predicted molar refractivity (Wildman–Crippen MR) is 172 cm³/mol. The molecule has 9 nitrogen and oxygen atoms in total. The molecule has 47 heavy (non-hydrogen) atoms. The Kier molecular flexibility index (Phi) is 9.51. The number of nitro groups is 1. The standard InChI is InChI=1S/C35H37F3N4O5/c1-23-2-4-24(5-3-23)25-6-13-33-26(18-25)19-30(47-33)21-40-14-16-41(17-15-40)34(43)22-46-29-10-7-27(8-11-29)39-28-9-12-32(42(44)45)31(20-28)35(36,37)38/h2-6,9,12-13,18-20,27,29,39H,7-8,10-11,14-17,21-22H2,1H3. The first-order valence-corrected chi connectivity index (χ1v) is 15.9. The fourth-order valence-corrected chi connectivity index (χ4v) is 6.38. The number of furan rings is 1. The van der Waals surface area contributed by atoms with Crippen LogP contribution in [0.15, 0.2) is 71.1 Å². The van der Waals surface area contributed by atoms with Crippen LogP contribution in [0.4, 0.5) is 24.5 Å². The number of nitro benzene ring substituents is 1. The summed E-state index contributed by atoms with van der Waals surface area (Å²) in [5.41, 5.74) is 2.34. The zero-order valence-corrected chi connectivity index (χ0v) is 26.1. The fourth-order valence-electron chi connectivity index (χ4n) is 6.38. The Bertz CT molecular complexity index is 1720. The molecule has 3 aromatic carbocycles. The van der Waals surface area contributed by atoms with Gasteiger partial charge in [-0.15, -0.1) is 0 Å². The summed E-state index contributed by atoms with van der Waals surface area (Å²) in [6.45, 7) is 5.40. The second-order valence-corrected chi connectivity index (χ2v) is 12.4. The Hall–Kier alpha value is -4.42. The minimum absolute atomic E-state index is 0.00700. The zero-order valence-electron chi connectivity index (χ0n) is 26.1. The summed E-state index contributed by atoms with van der Waals surface area (Å²) in [6, 6.07) is 19.7. The van der Waals surface area contributed by atoms with E-state index in [1.165, 1.54) is 17.2 Å². The second kappa shape index (κ2) is 13.7. The van der Waals surface area contributed by atoms with Crippen LogP contribution in [-0.4, -0.2) is 65.6 Å². The van der Waals surface area contributed by atoms with Crippen molar-refractivity contribution < 1.29 is 32.0 Å². The quantitative estimate of drug-likeness (QED) is 0.149. The molecule has 4 aromatic rings. The number of halogens is 3. The normalized spacial score (nSPS) is 19.2. The first-order valence-electron chi connectivity index (χ1n) is 15.9. The molecule has 1 saturated carbocycles. The van der Waals surface area contributed by atoms with E-state index < -0.39 is 22.4 Å². The van der Waals surface area contributed by atoms with Gasteiger partial charge in [0.15, 0.2) is 0 Å². The van der Waals surface area contributed by atoms with E-state index in [-0.39, 0.29) is 30.3 Å². The van der Waals surface area contributed by atoms with E-state index in [2.05, 4.69) is 59.6 Å². The highest BCUT2D eigenvalue weighted by molar-refractivity contribution is 5.84. The van der Waals surface area contributed by atoms with Gasteiger partial charge in [-0.3, -0.25) is 19.8 Å². The second-order valence-electron chi connectivity index (χ2n) is 12.4. The molecule has 2 fully saturated rings. The molecule has 248 valence electrons. The fraction of sp³-hybridized carbons (Fsp3) is 0.400. The van der Waals surface area contributed by atoms with Crippen molar-refractivity contribution in [2.75, 3.05) is 38.1 Å². The van der Waals surface area contributed by atoms with Gasteiger partial charge in [0, 0.05) is 49.4 Å². The number of carbonyl (C=O) groups is 1. The molecule has 0 unspecified atom stereocenters. The van der Waals surface area contributed by atoms with Crippen molar-refractivity contribution >= 4 is 28.3 Å². The van der Waals surface area contributed by atoms with Gasteiger partial charge in [-0.05, 0) is 74.1 Å². The molecule has 1 N–H and O–H groups in total. The Morgan fingerprint density at radius 2 is 1.66 bits per heavy atom. The molecule has 0 spiro atoms. The molecule has 2 heterocycles. The van der Waals surface area contributed by atoms with Crippen LogP contribution in [0.25, 0.3) is 22.1 Å². The average Bonchev–Trinajstić information content (AvgIpc) is 3.46. The van der Waals surface area contributed by atoms with Gasteiger partial charge in [0.2, 0.25) is 5.91 Å². The highest BCUT2D eigenvalue weighted by Crippen LogP contribution is 2.38. The van der Waals surface area contributed by atoms with Gasteiger partial charge < -0.3 is 19.4 Å². The smallest absolute Gasteiger partial charge is 0.423 e. The van der Waals surface area contributed by atoms with Gasteiger partial charge in [-0.25, -0.2) is 0 Å². The molecule has 6 rings (SSSR count). The molecule has 1 amide bonds. The van der Waals surface area contributed by atoms with Gasteiger partial charge in [0.05, 0.1) is 17.6 Å². The summed E-state index contributed by atoms with van der Waals surface area (Å²) in [4.78, 5) is 27.0. The lowest BCUT2D eigenvalue weighted by Crippen LogP contribution is -2.49. The maximum Gasteiger partial charge on any atom is 0.423 e. The SMILES string of the molecule is Cc1ccc(-c2ccc3oc(CN4CCN(C(=O)COC5CCC(Nc6ccc([N+](=O)[O-])c(C(F)(F)F)c6)CC5)CC4)cc3c2)cc1.